The molecule has 2 rings (SSSR count). The monoisotopic (exact) mass is 350 g/mol. The van der Waals surface area contributed by atoms with Crippen LogP contribution in [-0.4, -0.2) is 31.1 Å². The third kappa shape index (κ3) is 4.53. The molecular formula is C21H35ClN2. The summed E-state index contributed by atoms with van der Waals surface area (Å²) in [5.41, 5.74) is 1.56. The van der Waals surface area contributed by atoms with E-state index in [0.29, 0.717) is 12.1 Å². The SMILES string of the molecule is CCCCC1CC(c2ccc(Cl)cc2)(N(C)C)CCC1NC(C)C. The van der Waals surface area contributed by atoms with Gasteiger partial charge in [-0.3, -0.25) is 4.90 Å². The van der Waals surface area contributed by atoms with Crippen LogP contribution in [0.3, 0.4) is 0 Å². The fraction of sp³-hybridized carbons (Fsp3) is 0.714. The number of hydrogen-bond donors (Lipinski definition) is 1. The molecule has 0 aromatic heterocycles. The Bertz CT molecular complexity index is 497. The summed E-state index contributed by atoms with van der Waals surface area (Å²) < 4.78 is 0. The Labute approximate surface area is 154 Å². The predicted molar refractivity (Wildman–Crippen MR) is 106 cm³/mol. The maximum atomic E-state index is 6.13. The van der Waals surface area contributed by atoms with Crippen molar-refractivity contribution in [2.24, 2.45) is 5.92 Å². The lowest BCUT2D eigenvalue weighted by Gasteiger charge is -2.50. The Morgan fingerprint density at radius 2 is 1.92 bits per heavy atom. The van der Waals surface area contributed by atoms with Gasteiger partial charge < -0.3 is 5.32 Å². The molecule has 0 amide bonds. The quantitative estimate of drug-likeness (QED) is 0.703. The second kappa shape index (κ2) is 8.69. The third-order valence-corrected chi connectivity index (χ3v) is 6.00. The van der Waals surface area contributed by atoms with Crippen LogP contribution in [0.5, 0.6) is 0 Å². The minimum absolute atomic E-state index is 0.137. The average molecular weight is 351 g/mol. The molecular weight excluding hydrogens is 316 g/mol. The van der Waals surface area contributed by atoms with Gasteiger partial charge in [0.2, 0.25) is 0 Å². The average Bonchev–Trinajstić information content (AvgIpc) is 2.54. The van der Waals surface area contributed by atoms with E-state index in [1.54, 1.807) is 0 Å². The highest BCUT2D eigenvalue weighted by Gasteiger charge is 2.43. The van der Waals surface area contributed by atoms with Crippen LogP contribution in [0.25, 0.3) is 0 Å². The smallest absolute Gasteiger partial charge is 0.0458 e. The van der Waals surface area contributed by atoms with E-state index in [2.05, 4.69) is 57.2 Å². The van der Waals surface area contributed by atoms with Crippen molar-refractivity contribution in [3.8, 4) is 0 Å². The number of benzene rings is 1. The maximum Gasteiger partial charge on any atom is 0.0458 e. The molecule has 1 aromatic rings. The molecule has 2 nitrogen and oxygen atoms in total. The molecule has 0 radical (unpaired) electrons. The van der Waals surface area contributed by atoms with Crippen LogP contribution < -0.4 is 5.32 Å². The van der Waals surface area contributed by atoms with Crippen molar-refractivity contribution in [2.75, 3.05) is 14.1 Å². The van der Waals surface area contributed by atoms with E-state index < -0.39 is 0 Å². The predicted octanol–water partition coefficient (Wildman–Crippen LogP) is 5.45. The lowest BCUT2D eigenvalue weighted by Crippen LogP contribution is -2.53. The van der Waals surface area contributed by atoms with Crippen molar-refractivity contribution in [2.45, 2.75) is 76.9 Å². The summed E-state index contributed by atoms with van der Waals surface area (Å²) in [7, 11) is 4.48. The Hall–Kier alpha value is -0.570. The van der Waals surface area contributed by atoms with Crippen molar-refractivity contribution in [3.63, 3.8) is 0 Å². The normalized spacial score (nSPS) is 27.8. The number of halogens is 1. The second-order valence-corrected chi connectivity index (χ2v) is 8.44. The maximum absolute atomic E-state index is 6.13. The molecule has 0 saturated heterocycles. The van der Waals surface area contributed by atoms with Crippen LogP contribution in [0.4, 0.5) is 0 Å². The molecule has 1 aliphatic carbocycles. The molecule has 1 fully saturated rings. The van der Waals surface area contributed by atoms with Crippen molar-refractivity contribution >= 4 is 11.6 Å². The van der Waals surface area contributed by atoms with E-state index in [9.17, 15) is 0 Å². The fourth-order valence-electron chi connectivity index (χ4n) is 4.41. The van der Waals surface area contributed by atoms with Crippen LogP contribution >= 0.6 is 11.6 Å². The fourth-order valence-corrected chi connectivity index (χ4v) is 4.54. The number of hydrogen-bond acceptors (Lipinski definition) is 2. The zero-order valence-corrected chi connectivity index (χ0v) is 16.9. The van der Waals surface area contributed by atoms with E-state index in [0.717, 1.165) is 10.9 Å². The standard InChI is InChI=1S/C21H35ClN2/c1-6-7-8-17-15-21(24(4)5,14-13-20(17)23-16(2)3)18-9-11-19(22)12-10-18/h9-12,16-17,20,23H,6-8,13-15H2,1-5H3. The molecule has 1 N–H and O–H groups in total. The van der Waals surface area contributed by atoms with Gasteiger partial charge in [0.1, 0.15) is 0 Å². The van der Waals surface area contributed by atoms with Gasteiger partial charge in [-0.1, -0.05) is 57.3 Å². The van der Waals surface area contributed by atoms with E-state index in [4.69, 9.17) is 11.6 Å². The van der Waals surface area contributed by atoms with Crippen LogP contribution in [0, 0.1) is 5.92 Å². The number of nitrogens with zero attached hydrogens (tertiary/aromatic N) is 1. The van der Waals surface area contributed by atoms with E-state index in [1.807, 2.05) is 12.1 Å². The van der Waals surface area contributed by atoms with Gasteiger partial charge in [0.15, 0.2) is 0 Å². The van der Waals surface area contributed by atoms with Crippen molar-refractivity contribution < 1.29 is 0 Å². The van der Waals surface area contributed by atoms with Gasteiger partial charge in [-0.25, -0.2) is 0 Å². The summed E-state index contributed by atoms with van der Waals surface area (Å²) in [6, 6.07) is 9.76. The van der Waals surface area contributed by atoms with Gasteiger partial charge in [0.25, 0.3) is 0 Å². The Morgan fingerprint density at radius 1 is 1.25 bits per heavy atom. The van der Waals surface area contributed by atoms with Crippen LogP contribution in [0.2, 0.25) is 5.02 Å². The highest BCUT2D eigenvalue weighted by molar-refractivity contribution is 6.30. The van der Waals surface area contributed by atoms with Gasteiger partial charge in [-0.15, -0.1) is 0 Å². The molecule has 24 heavy (non-hydrogen) atoms. The molecule has 0 heterocycles. The molecule has 0 bridgehead atoms. The zero-order valence-electron chi connectivity index (χ0n) is 16.1. The Balaban J connectivity index is 2.27. The highest BCUT2D eigenvalue weighted by atomic mass is 35.5. The third-order valence-electron chi connectivity index (χ3n) is 5.75. The molecule has 0 spiro atoms. The summed E-state index contributed by atoms with van der Waals surface area (Å²) in [5, 5.41) is 4.66. The molecule has 136 valence electrons. The second-order valence-electron chi connectivity index (χ2n) is 8.01. The number of unbranched alkanes of at least 4 members (excludes halogenated alkanes) is 1. The first-order valence-corrected chi connectivity index (χ1v) is 9.96. The zero-order chi connectivity index (χ0) is 17.7. The Kier molecular flexibility index (Phi) is 7.15. The van der Waals surface area contributed by atoms with Gasteiger partial charge in [0.05, 0.1) is 0 Å². The molecule has 3 atom stereocenters. The first-order chi connectivity index (χ1) is 11.4. The van der Waals surface area contributed by atoms with Crippen molar-refractivity contribution in [3.05, 3.63) is 34.9 Å². The summed E-state index contributed by atoms with van der Waals surface area (Å²) in [4.78, 5) is 2.45. The lowest BCUT2D eigenvalue weighted by molar-refractivity contribution is 0.0446. The lowest BCUT2D eigenvalue weighted by atomic mass is 9.67. The summed E-state index contributed by atoms with van der Waals surface area (Å²) in [5.74, 6) is 0.735. The molecule has 3 unspecified atom stereocenters. The highest BCUT2D eigenvalue weighted by Crippen LogP contribution is 2.45. The number of nitrogens with one attached hydrogen (secondary N) is 1. The summed E-state index contributed by atoms with van der Waals surface area (Å²) in [6.45, 7) is 6.83. The van der Waals surface area contributed by atoms with E-state index in [1.165, 1.54) is 44.1 Å². The molecule has 1 saturated carbocycles. The van der Waals surface area contributed by atoms with Crippen LogP contribution in [0.15, 0.2) is 24.3 Å². The summed E-state index contributed by atoms with van der Waals surface area (Å²) in [6.07, 6.45) is 7.60. The summed E-state index contributed by atoms with van der Waals surface area (Å²) >= 11 is 6.13. The number of rotatable bonds is 7. The van der Waals surface area contributed by atoms with E-state index in [-0.39, 0.29) is 5.54 Å². The van der Waals surface area contributed by atoms with E-state index >= 15 is 0 Å². The first-order valence-electron chi connectivity index (χ1n) is 9.58. The van der Waals surface area contributed by atoms with Crippen molar-refractivity contribution in [1.82, 2.24) is 10.2 Å². The Morgan fingerprint density at radius 3 is 2.46 bits per heavy atom. The van der Waals surface area contributed by atoms with Crippen LogP contribution in [-0.2, 0) is 5.54 Å². The van der Waals surface area contributed by atoms with Gasteiger partial charge in [-0.05, 0) is 63.4 Å². The largest absolute Gasteiger partial charge is 0.312 e. The molecule has 3 heteroatoms. The molecule has 0 aliphatic heterocycles. The molecule has 1 aliphatic rings. The topological polar surface area (TPSA) is 15.3 Å². The first kappa shape index (κ1) is 19.8. The van der Waals surface area contributed by atoms with Gasteiger partial charge in [-0.2, -0.15) is 0 Å². The minimum atomic E-state index is 0.137. The van der Waals surface area contributed by atoms with Crippen LogP contribution in [0.1, 0.15) is 64.9 Å². The van der Waals surface area contributed by atoms with Crippen molar-refractivity contribution in [1.29, 1.82) is 0 Å². The minimum Gasteiger partial charge on any atom is -0.312 e. The van der Waals surface area contributed by atoms with Gasteiger partial charge in [0, 0.05) is 22.6 Å². The van der Waals surface area contributed by atoms with Gasteiger partial charge >= 0.3 is 0 Å². The molecule has 1 aromatic carbocycles.